The van der Waals surface area contributed by atoms with E-state index in [1.165, 1.54) is 5.56 Å². The molecule has 1 N–H and O–H groups in total. The number of para-hydroxylation sites is 1. The van der Waals surface area contributed by atoms with Crippen molar-refractivity contribution in [2.75, 3.05) is 13.1 Å². The molecule has 4 nitrogen and oxygen atoms in total. The van der Waals surface area contributed by atoms with E-state index in [0.717, 1.165) is 36.1 Å². The Bertz CT molecular complexity index is 882. The van der Waals surface area contributed by atoms with Gasteiger partial charge >= 0.3 is 0 Å². The maximum atomic E-state index is 12.7. The van der Waals surface area contributed by atoms with Crippen LogP contribution in [0.4, 0.5) is 0 Å². The SMILES string of the molecule is CCN(CC)Cc1ccccc1CNC(=O)c1ccnc2ccccc12. The largest absolute Gasteiger partial charge is 0.348 e. The zero-order chi connectivity index (χ0) is 18.4. The number of fused-ring (bicyclic) bond motifs is 1. The van der Waals surface area contributed by atoms with Crippen LogP contribution in [0.3, 0.4) is 0 Å². The Morgan fingerprint density at radius 1 is 0.962 bits per heavy atom. The number of pyridine rings is 1. The molecule has 0 aliphatic carbocycles. The lowest BCUT2D eigenvalue weighted by atomic mass is 10.1. The van der Waals surface area contributed by atoms with Gasteiger partial charge in [-0.1, -0.05) is 56.3 Å². The molecule has 0 saturated carbocycles. The first-order valence-electron chi connectivity index (χ1n) is 9.14. The van der Waals surface area contributed by atoms with Crippen molar-refractivity contribution in [2.45, 2.75) is 26.9 Å². The predicted octanol–water partition coefficient (Wildman–Crippen LogP) is 4.01. The number of aromatic nitrogens is 1. The second kappa shape index (κ2) is 8.59. The van der Waals surface area contributed by atoms with Gasteiger partial charge in [-0.25, -0.2) is 0 Å². The van der Waals surface area contributed by atoms with E-state index in [1.807, 2.05) is 30.3 Å². The lowest BCUT2D eigenvalue weighted by Gasteiger charge is -2.20. The topological polar surface area (TPSA) is 45.2 Å². The quantitative estimate of drug-likeness (QED) is 0.702. The Labute approximate surface area is 154 Å². The molecule has 0 saturated heterocycles. The van der Waals surface area contributed by atoms with Crippen LogP contribution in [0, 0.1) is 0 Å². The molecule has 0 spiro atoms. The van der Waals surface area contributed by atoms with Crippen molar-refractivity contribution in [1.29, 1.82) is 0 Å². The Morgan fingerprint density at radius 2 is 1.65 bits per heavy atom. The van der Waals surface area contributed by atoms with Crippen molar-refractivity contribution in [3.63, 3.8) is 0 Å². The van der Waals surface area contributed by atoms with E-state index >= 15 is 0 Å². The molecule has 0 atom stereocenters. The van der Waals surface area contributed by atoms with Crippen LogP contribution in [0.1, 0.15) is 35.3 Å². The third-order valence-electron chi connectivity index (χ3n) is 4.74. The fraction of sp³-hybridized carbons (Fsp3) is 0.273. The lowest BCUT2D eigenvalue weighted by molar-refractivity contribution is 0.0952. The number of carbonyl (C=O) groups is 1. The summed E-state index contributed by atoms with van der Waals surface area (Å²) in [5, 5.41) is 3.95. The summed E-state index contributed by atoms with van der Waals surface area (Å²) in [6, 6.07) is 17.8. The monoisotopic (exact) mass is 347 g/mol. The number of rotatable bonds is 7. The third-order valence-corrected chi connectivity index (χ3v) is 4.74. The van der Waals surface area contributed by atoms with E-state index in [0.29, 0.717) is 12.1 Å². The van der Waals surface area contributed by atoms with Crippen molar-refractivity contribution >= 4 is 16.8 Å². The predicted molar refractivity (Wildman–Crippen MR) is 106 cm³/mol. The van der Waals surface area contributed by atoms with Gasteiger partial charge in [0, 0.05) is 24.7 Å². The molecule has 2 aromatic carbocycles. The number of nitrogens with one attached hydrogen (secondary N) is 1. The van der Waals surface area contributed by atoms with Gasteiger partial charge in [0.2, 0.25) is 0 Å². The van der Waals surface area contributed by atoms with E-state index in [1.54, 1.807) is 12.3 Å². The van der Waals surface area contributed by atoms with Gasteiger partial charge in [0.1, 0.15) is 0 Å². The summed E-state index contributed by atoms with van der Waals surface area (Å²) >= 11 is 0. The smallest absolute Gasteiger partial charge is 0.252 e. The fourth-order valence-electron chi connectivity index (χ4n) is 3.14. The summed E-state index contributed by atoms with van der Waals surface area (Å²) in [7, 11) is 0. The third kappa shape index (κ3) is 4.09. The fourth-order valence-corrected chi connectivity index (χ4v) is 3.14. The van der Waals surface area contributed by atoms with E-state index in [-0.39, 0.29) is 5.91 Å². The summed E-state index contributed by atoms with van der Waals surface area (Å²) in [6.45, 7) is 7.79. The number of hydrogen-bond donors (Lipinski definition) is 1. The first-order valence-corrected chi connectivity index (χ1v) is 9.14. The van der Waals surface area contributed by atoms with Gasteiger partial charge in [-0.05, 0) is 36.3 Å². The molecule has 1 amide bonds. The van der Waals surface area contributed by atoms with Crippen LogP contribution in [0.25, 0.3) is 10.9 Å². The van der Waals surface area contributed by atoms with Gasteiger partial charge < -0.3 is 5.32 Å². The molecular weight excluding hydrogens is 322 g/mol. The second-order valence-electron chi connectivity index (χ2n) is 6.29. The van der Waals surface area contributed by atoms with Gasteiger partial charge in [-0.2, -0.15) is 0 Å². The van der Waals surface area contributed by atoms with Crippen molar-refractivity contribution < 1.29 is 4.79 Å². The van der Waals surface area contributed by atoms with Crippen LogP contribution in [0.5, 0.6) is 0 Å². The average molecular weight is 347 g/mol. The summed E-state index contributed by atoms with van der Waals surface area (Å²) in [6.07, 6.45) is 1.69. The van der Waals surface area contributed by atoms with Crippen LogP contribution in [-0.2, 0) is 13.1 Å². The van der Waals surface area contributed by atoms with Gasteiger partial charge in [0.25, 0.3) is 5.91 Å². The number of amides is 1. The van der Waals surface area contributed by atoms with Gasteiger partial charge in [-0.3, -0.25) is 14.7 Å². The maximum absolute atomic E-state index is 12.7. The zero-order valence-electron chi connectivity index (χ0n) is 15.4. The molecule has 1 aromatic heterocycles. The Kier molecular flexibility index (Phi) is 5.97. The first kappa shape index (κ1) is 18.1. The minimum Gasteiger partial charge on any atom is -0.348 e. The molecule has 0 aliphatic heterocycles. The average Bonchev–Trinajstić information content (AvgIpc) is 2.70. The molecule has 0 fully saturated rings. The molecule has 1 heterocycles. The molecule has 0 radical (unpaired) electrons. The van der Waals surface area contributed by atoms with E-state index in [4.69, 9.17) is 0 Å². The van der Waals surface area contributed by atoms with Gasteiger partial charge in [-0.15, -0.1) is 0 Å². The number of nitrogens with zero attached hydrogens (tertiary/aromatic N) is 2. The highest BCUT2D eigenvalue weighted by molar-refractivity contribution is 6.05. The normalized spacial score (nSPS) is 11.0. The Morgan fingerprint density at radius 3 is 2.42 bits per heavy atom. The van der Waals surface area contributed by atoms with Crippen LogP contribution < -0.4 is 5.32 Å². The van der Waals surface area contributed by atoms with Crippen molar-refractivity contribution in [2.24, 2.45) is 0 Å². The molecule has 134 valence electrons. The van der Waals surface area contributed by atoms with E-state index < -0.39 is 0 Å². The number of carbonyl (C=O) groups excluding carboxylic acids is 1. The Hall–Kier alpha value is -2.72. The lowest BCUT2D eigenvalue weighted by Crippen LogP contribution is -2.26. The molecular formula is C22H25N3O. The zero-order valence-corrected chi connectivity index (χ0v) is 15.4. The maximum Gasteiger partial charge on any atom is 0.252 e. The van der Waals surface area contributed by atoms with Gasteiger partial charge in [0.15, 0.2) is 0 Å². The van der Waals surface area contributed by atoms with Crippen LogP contribution >= 0.6 is 0 Å². The molecule has 4 heteroatoms. The molecule has 0 aliphatic rings. The van der Waals surface area contributed by atoms with Gasteiger partial charge in [0.05, 0.1) is 11.1 Å². The van der Waals surface area contributed by atoms with Crippen molar-refractivity contribution in [1.82, 2.24) is 15.2 Å². The summed E-state index contributed by atoms with van der Waals surface area (Å²) in [5.74, 6) is -0.0683. The van der Waals surface area contributed by atoms with E-state index in [9.17, 15) is 4.79 Å². The van der Waals surface area contributed by atoms with E-state index in [2.05, 4.69) is 47.2 Å². The first-order chi connectivity index (χ1) is 12.7. The highest BCUT2D eigenvalue weighted by Crippen LogP contribution is 2.17. The second-order valence-corrected chi connectivity index (χ2v) is 6.29. The highest BCUT2D eigenvalue weighted by atomic mass is 16.1. The highest BCUT2D eigenvalue weighted by Gasteiger charge is 2.11. The van der Waals surface area contributed by atoms with Crippen LogP contribution in [-0.4, -0.2) is 28.9 Å². The summed E-state index contributed by atoms with van der Waals surface area (Å²) < 4.78 is 0. The summed E-state index contributed by atoms with van der Waals surface area (Å²) in [5.41, 5.74) is 3.92. The standard InChI is InChI=1S/C22H25N3O/c1-3-25(4-2)16-18-10-6-5-9-17(18)15-24-22(26)20-13-14-23-21-12-8-7-11-19(20)21/h5-14H,3-4,15-16H2,1-2H3,(H,24,26). The molecule has 26 heavy (non-hydrogen) atoms. The van der Waals surface area contributed by atoms with Crippen LogP contribution in [0.15, 0.2) is 60.8 Å². The van der Waals surface area contributed by atoms with Crippen molar-refractivity contribution in [3.8, 4) is 0 Å². The summed E-state index contributed by atoms with van der Waals surface area (Å²) in [4.78, 5) is 19.4. The minimum atomic E-state index is -0.0683. The number of benzene rings is 2. The Balaban J connectivity index is 1.76. The molecule has 3 aromatic rings. The number of hydrogen-bond acceptors (Lipinski definition) is 3. The molecule has 3 rings (SSSR count). The minimum absolute atomic E-state index is 0.0683. The molecule has 0 unspecified atom stereocenters. The van der Waals surface area contributed by atoms with Crippen LogP contribution in [0.2, 0.25) is 0 Å². The van der Waals surface area contributed by atoms with Crippen molar-refractivity contribution in [3.05, 3.63) is 77.5 Å². The molecule has 0 bridgehead atoms.